The van der Waals surface area contributed by atoms with Gasteiger partial charge in [-0.3, -0.25) is 9.69 Å². The molecule has 0 saturated carbocycles. The highest BCUT2D eigenvalue weighted by Crippen LogP contribution is 2.34. The average molecular weight is 453 g/mol. The number of aromatic nitrogens is 1. The normalized spacial score (nSPS) is 20.1. The fourth-order valence-electron chi connectivity index (χ4n) is 5.15. The first-order chi connectivity index (χ1) is 15.3. The van der Waals surface area contributed by atoms with Gasteiger partial charge in [-0.2, -0.15) is 0 Å². The van der Waals surface area contributed by atoms with E-state index in [1.54, 1.807) is 12.1 Å². The summed E-state index contributed by atoms with van der Waals surface area (Å²) in [6, 6.07) is 15.4. The van der Waals surface area contributed by atoms with Crippen molar-refractivity contribution in [3.05, 3.63) is 59.8 Å². The van der Waals surface area contributed by atoms with Crippen LogP contribution in [0.15, 0.2) is 53.4 Å². The summed E-state index contributed by atoms with van der Waals surface area (Å²) < 4.78 is 23.3. The second-order valence-electron chi connectivity index (χ2n) is 9.01. The van der Waals surface area contributed by atoms with Crippen molar-refractivity contribution in [2.24, 2.45) is 5.14 Å². The first-order valence-electron chi connectivity index (χ1n) is 11.1. The predicted octanol–water partition coefficient (Wildman–Crippen LogP) is 2.97. The van der Waals surface area contributed by atoms with Gasteiger partial charge in [-0.05, 0) is 80.6 Å². The van der Waals surface area contributed by atoms with Crippen LogP contribution in [-0.2, 0) is 21.2 Å². The van der Waals surface area contributed by atoms with E-state index in [0.29, 0.717) is 18.9 Å². The molecule has 168 valence electrons. The molecule has 3 aromatic rings. The molecule has 2 aliphatic rings. The van der Waals surface area contributed by atoms with Gasteiger partial charge < -0.3 is 9.88 Å². The second-order valence-corrected chi connectivity index (χ2v) is 10.6. The molecule has 0 spiro atoms. The van der Waals surface area contributed by atoms with Crippen molar-refractivity contribution in [2.45, 2.75) is 43.0 Å². The Morgan fingerprint density at radius 1 is 1.12 bits per heavy atom. The van der Waals surface area contributed by atoms with Crippen LogP contribution in [0.25, 0.3) is 10.9 Å². The highest BCUT2D eigenvalue weighted by molar-refractivity contribution is 7.89. The van der Waals surface area contributed by atoms with E-state index in [1.165, 1.54) is 22.7 Å². The van der Waals surface area contributed by atoms with Crippen LogP contribution in [0.4, 0.5) is 5.69 Å². The van der Waals surface area contributed by atoms with Crippen LogP contribution in [0.1, 0.15) is 36.9 Å². The number of hydrogen-bond donors (Lipinski definition) is 2. The van der Waals surface area contributed by atoms with Crippen LogP contribution in [0.2, 0.25) is 0 Å². The Labute approximate surface area is 188 Å². The molecule has 2 aromatic carbocycles. The lowest BCUT2D eigenvalue weighted by Crippen LogP contribution is -2.45. The van der Waals surface area contributed by atoms with E-state index in [2.05, 4.69) is 34.1 Å². The molecule has 1 fully saturated rings. The monoisotopic (exact) mass is 452 g/mol. The molecule has 3 N–H and O–H groups in total. The standard InChI is InChI=1S/C24H28N4O3S/c1-16-12-19-13-20(32(25,30)31)6-7-23(19)28(16)24(29)15-27-10-8-17(9-11-27)22-14-18-4-2-3-5-21(18)26-22/h2-7,13-14,16-17,26H,8-12,15H2,1H3,(H2,25,30,31). The molecule has 7 nitrogen and oxygen atoms in total. The van der Waals surface area contributed by atoms with Gasteiger partial charge in [0, 0.05) is 28.9 Å². The molecule has 5 rings (SSSR count). The zero-order valence-corrected chi connectivity index (χ0v) is 18.9. The van der Waals surface area contributed by atoms with E-state index < -0.39 is 10.0 Å². The summed E-state index contributed by atoms with van der Waals surface area (Å²) in [4.78, 5) is 20.9. The summed E-state index contributed by atoms with van der Waals surface area (Å²) in [6.07, 6.45) is 2.67. The molecule has 1 unspecified atom stereocenters. The molecule has 1 atom stereocenters. The van der Waals surface area contributed by atoms with Crippen molar-refractivity contribution in [1.29, 1.82) is 0 Å². The summed E-state index contributed by atoms with van der Waals surface area (Å²) >= 11 is 0. The summed E-state index contributed by atoms with van der Waals surface area (Å²) in [5, 5.41) is 6.50. The highest BCUT2D eigenvalue weighted by atomic mass is 32.2. The quantitative estimate of drug-likeness (QED) is 0.636. The lowest BCUT2D eigenvalue weighted by Gasteiger charge is -2.33. The Morgan fingerprint density at radius 3 is 2.59 bits per heavy atom. The van der Waals surface area contributed by atoms with Crippen molar-refractivity contribution < 1.29 is 13.2 Å². The predicted molar refractivity (Wildman–Crippen MR) is 125 cm³/mol. The molecule has 0 bridgehead atoms. The number of primary sulfonamides is 1. The number of nitrogens with two attached hydrogens (primary N) is 1. The third-order valence-corrected chi connectivity index (χ3v) is 7.71. The van der Waals surface area contributed by atoms with E-state index >= 15 is 0 Å². The minimum Gasteiger partial charge on any atom is -0.358 e. The third-order valence-electron chi connectivity index (χ3n) is 6.80. The van der Waals surface area contributed by atoms with Crippen LogP contribution < -0.4 is 10.0 Å². The smallest absolute Gasteiger partial charge is 0.241 e. The van der Waals surface area contributed by atoms with Crippen LogP contribution >= 0.6 is 0 Å². The van der Waals surface area contributed by atoms with E-state index in [9.17, 15) is 13.2 Å². The maximum absolute atomic E-state index is 13.2. The Kier molecular flexibility index (Phi) is 5.31. The van der Waals surface area contributed by atoms with Gasteiger partial charge in [0.05, 0.1) is 11.4 Å². The Hall–Kier alpha value is -2.68. The van der Waals surface area contributed by atoms with Gasteiger partial charge in [-0.25, -0.2) is 13.6 Å². The average Bonchev–Trinajstić information content (AvgIpc) is 3.33. The Morgan fingerprint density at radius 2 is 1.88 bits per heavy atom. The van der Waals surface area contributed by atoms with Crippen LogP contribution in [0, 0.1) is 0 Å². The van der Waals surface area contributed by atoms with E-state index in [0.717, 1.165) is 37.2 Å². The van der Waals surface area contributed by atoms with Crippen molar-refractivity contribution in [1.82, 2.24) is 9.88 Å². The lowest BCUT2D eigenvalue weighted by molar-refractivity contribution is -0.120. The van der Waals surface area contributed by atoms with Gasteiger partial charge in [-0.15, -0.1) is 0 Å². The third kappa shape index (κ3) is 3.94. The molecular weight excluding hydrogens is 424 g/mol. The van der Waals surface area contributed by atoms with Gasteiger partial charge in [-0.1, -0.05) is 18.2 Å². The number of fused-ring (bicyclic) bond motifs is 2. The topological polar surface area (TPSA) is 99.5 Å². The van der Waals surface area contributed by atoms with Gasteiger partial charge in [0.15, 0.2) is 0 Å². The summed E-state index contributed by atoms with van der Waals surface area (Å²) in [5.41, 5.74) is 4.11. The number of anilines is 1. The van der Waals surface area contributed by atoms with Gasteiger partial charge in [0.1, 0.15) is 0 Å². The molecule has 0 radical (unpaired) electrons. The fraction of sp³-hybridized carbons (Fsp3) is 0.375. The van der Waals surface area contributed by atoms with E-state index in [1.807, 2.05) is 17.9 Å². The van der Waals surface area contributed by atoms with E-state index in [-0.39, 0.29) is 16.8 Å². The Bertz CT molecular complexity index is 1240. The first-order valence-corrected chi connectivity index (χ1v) is 12.6. The summed E-state index contributed by atoms with van der Waals surface area (Å²) in [6.45, 7) is 4.13. The minimum absolute atomic E-state index is 0.00267. The zero-order valence-electron chi connectivity index (χ0n) is 18.1. The number of carbonyl (C=O) groups is 1. The number of sulfonamides is 1. The number of nitrogens with one attached hydrogen (secondary N) is 1. The molecule has 1 amide bonds. The molecule has 0 aliphatic carbocycles. The largest absolute Gasteiger partial charge is 0.358 e. The number of aromatic amines is 1. The number of amides is 1. The molecule has 8 heteroatoms. The lowest BCUT2D eigenvalue weighted by atomic mass is 9.93. The van der Waals surface area contributed by atoms with Gasteiger partial charge in [0.2, 0.25) is 15.9 Å². The fourth-order valence-corrected chi connectivity index (χ4v) is 5.71. The van der Waals surface area contributed by atoms with Crippen LogP contribution in [0.3, 0.4) is 0 Å². The molecule has 1 saturated heterocycles. The summed E-state index contributed by atoms with van der Waals surface area (Å²) in [5.74, 6) is 0.542. The number of nitrogens with zero attached hydrogens (tertiary/aromatic N) is 2. The van der Waals surface area contributed by atoms with E-state index in [4.69, 9.17) is 5.14 Å². The number of rotatable bonds is 4. The number of H-pyrrole nitrogens is 1. The van der Waals surface area contributed by atoms with Crippen molar-refractivity contribution in [3.8, 4) is 0 Å². The van der Waals surface area contributed by atoms with Gasteiger partial charge in [0.25, 0.3) is 0 Å². The molecule has 2 aliphatic heterocycles. The number of likely N-dealkylation sites (tertiary alicyclic amines) is 1. The molecule has 3 heterocycles. The van der Waals surface area contributed by atoms with Crippen LogP contribution in [0.5, 0.6) is 0 Å². The summed E-state index contributed by atoms with van der Waals surface area (Å²) in [7, 11) is -3.75. The molecular formula is C24H28N4O3S. The maximum Gasteiger partial charge on any atom is 0.241 e. The SMILES string of the molecule is CC1Cc2cc(S(N)(=O)=O)ccc2N1C(=O)CN1CCC(c2cc3ccccc3[nH]2)CC1. The van der Waals surface area contributed by atoms with Crippen molar-refractivity contribution in [3.63, 3.8) is 0 Å². The van der Waals surface area contributed by atoms with Crippen molar-refractivity contribution in [2.75, 3.05) is 24.5 Å². The Balaban J connectivity index is 1.24. The number of piperidine rings is 1. The number of hydrogen-bond acceptors (Lipinski definition) is 4. The number of benzene rings is 2. The van der Waals surface area contributed by atoms with Crippen LogP contribution in [-0.4, -0.2) is 49.9 Å². The molecule has 32 heavy (non-hydrogen) atoms. The maximum atomic E-state index is 13.2. The zero-order chi connectivity index (χ0) is 22.5. The number of carbonyl (C=O) groups excluding carboxylic acids is 1. The minimum atomic E-state index is -3.75. The highest BCUT2D eigenvalue weighted by Gasteiger charge is 2.33. The number of para-hydroxylation sites is 1. The van der Waals surface area contributed by atoms with Crippen molar-refractivity contribution >= 4 is 32.5 Å². The second kappa shape index (κ2) is 8.03. The first kappa shape index (κ1) is 21.2. The molecule has 1 aromatic heterocycles. The van der Waals surface area contributed by atoms with Gasteiger partial charge >= 0.3 is 0 Å².